The molecule has 0 fully saturated rings. The number of amides is 2. The summed E-state index contributed by atoms with van der Waals surface area (Å²) in [5.74, 6) is -2.17. The molecule has 0 bridgehead atoms. The van der Waals surface area contributed by atoms with Crippen molar-refractivity contribution in [2.45, 2.75) is 6.04 Å². The zero-order valence-electron chi connectivity index (χ0n) is 8.98. The lowest BCUT2D eigenvalue weighted by Crippen LogP contribution is -2.45. The molecule has 0 heterocycles. The van der Waals surface area contributed by atoms with Gasteiger partial charge in [0.15, 0.2) is 6.04 Å². The van der Waals surface area contributed by atoms with Crippen molar-refractivity contribution in [3.63, 3.8) is 0 Å². The van der Waals surface area contributed by atoms with Crippen molar-refractivity contribution in [2.75, 3.05) is 11.9 Å². The second-order valence-corrected chi connectivity index (χ2v) is 3.68. The van der Waals surface area contributed by atoms with Gasteiger partial charge in [0, 0.05) is 0 Å². The van der Waals surface area contributed by atoms with Crippen LogP contribution < -0.4 is 10.6 Å². The van der Waals surface area contributed by atoms with E-state index in [0.717, 1.165) is 6.07 Å². The Kier molecular flexibility index (Phi) is 4.87. The van der Waals surface area contributed by atoms with E-state index in [9.17, 15) is 14.0 Å². The standard InChI is InChI=1S/C10H10ClFN2O4/c11-5-2-1-3-6(12)8(5)14-10(18)13-7(4-15)9(16)17/h1-3,7,15H,4H2,(H,16,17)(H2,13,14,18)/t7-/m0/s1. The topological polar surface area (TPSA) is 98.7 Å². The lowest BCUT2D eigenvalue weighted by Gasteiger charge is -2.13. The molecule has 6 nitrogen and oxygen atoms in total. The van der Waals surface area contributed by atoms with Crippen LogP contribution >= 0.6 is 11.6 Å². The third kappa shape index (κ3) is 3.57. The molecule has 1 atom stereocenters. The van der Waals surface area contributed by atoms with E-state index in [1.54, 1.807) is 0 Å². The summed E-state index contributed by atoms with van der Waals surface area (Å²) in [7, 11) is 0. The highest BCUT2D eigenvalue weighted by molar-refractivity contribution is 6.33. The first-order chi connectivity index (χ1) is 8.45. The number of hydrogen-bond donors (Lipinski definition) is 4. The number of para-hydroxylation sites is 1. The van der Waals surface area contributed by atoms with Gasteiger partial charge in [0.25, 0.3) is 0 Å². The smallest absolute Gasteiger partial charge is 0.328 e. The molecule has 0 saturated carbocycles. The van der Waals surface area contributed by atoms with E-state index < -0.39 is 30.5 Å². The van der Waals surface area contributed by atoms with E-state index in [1.807, 2.05) is 5.32 Å². The number of hydrogen-bond acceptors (Lipinski definition) is 3. The lowest BCUT2D eigenvalue weighted by atomic mass is 10.3. The van der Waals surface area contributed by atoms with Crippen molar-refractivity contribution in [3.05, 3.63) is 29.0 Å². The number of carboxylic acid groups (broad SMARTS) is 1. The summed E-state index contributed by atoms with van der Waals surface area (Å²) in [4.78, 5) is 21.9. The second kappa shape index (κ2) is 6.18. The van der Waals surface area contributed by atoms with Crippen LogP contribution in [0.2, 0.25) is 5.02 Å². The number of aliphatic hydroxyl groups is 1. The van der Waals surface area contributed by atoms with Gasteiger partial charge in [0.05, 0.1) is 17.3 Å². The SMILES string of the molecule is O=C(Nc1c(F)cccc1Cl)N[C@@H](CO)C(=O)O. The Balaban J connectivity index is 2.73. The number of aliphatic carboxylic acids is 1. The van der Waals surface area contributed by atoms with Gasteiger partial charge in [0.1, 0.15) is 5.82 Å². The minimum atomic E-state index is -1.48. The number of benzene rings is 1. The first-order valence-electron chi connectivity index (χ1n) is 4.81. The molecular weight excluding hydrogens is 267 g/mol. The van der Waals surface area contributed by atoms with Gasteiger partial charge in [-0.1, -0.05) is 17.7 Å². The van der Waals surface area contributed by atoms with Crippen molar-refractivity contribution in [2.24, 2.45) is 0 Å². The number of aliphatic hydroxyl groups excluding tert-OH is 1. The molecule has 1 aromatic carbocycles. The molecule has 18 heavy (non-hydrogen) atoms. The number of urea groups is 1. The lowest BCUT2D eigenvalue weighted by molar-refractivity contribution is -0.140. The number of carbonyl (C=O) groups excluding carboxylic acids is 1. The van der Waals surface area contributed by atoms with Gasteiger partial charge in [0.2, 0.25) is 0 Å². The van der Waals surface area contributed by atoms with Crippen LogP contribution in [0.15, 0.2) is 18.2 Å². The average molecular weight is 277 g/mol. The quantitative estimate of drug-likeness (QED) is 0.660. The fraction of sp³-hybridized carbons (Fsp3) is 0.200. The Morgan fingerprint density at radius 1 is 1.44 bits per heavy atom. The van der Waals surface area contributed by atoms with Crippen LogP contribution in [0.25, 0.3) is 0 Å². The summed E-state index contributed by atoms with van der Waals surface area (Å²) < 4.78 is 13.3. The van der Waals surface area contributed by atoms with Crippen molar-refractivity contribution >= 4 is 29.3 Å². The summed E-state index contributed by atoms with van der Waals surface area (Å²) in [5, 5.41) is 21.3. The highest BCUT2D eigenvalue weighted by Gasteiger charge is 2.19. The first-order valence-corrected chi connectivity index (χ1v) is 5.18. The summed E-state index contributed by atoms with van der Waals surface area (Å²) in [6.07, 6.45) is 0. The van der Waals surface area contributed by atoms with E-state index in [2.05, 4.69) is 5.32 Å². The Hall–Kier alpha value is -1.86. The van der Waals surface area contributed by atoms with Crippen LogP contribution in [-0.2, 0) is 4.79 Å². The van der Waals surface area contributed by atoms with Crippen molar-refractivity contribution < 1.29 is 24.2 Å². The van der Waals surface area contributed by atoms with Crippen LogP contribution in [-0.4, -0.2) is 34.9 Å². The molecule has 2 amide bonds. The van der Waals surface area contributed by atoms with Gasteiger partial charge < -0.3 is 20.8 Å². The molecule has 0 aliphatic carbocycles. The van der Waals surface area contributed by atoms with Crippen molar-refractivity contribution in [3.8, 4) is 0 Å². The summed E-state index contributed by atoms with van der Waals surface area (Å²) >= 11 is 5.66. The maximum Gasteiger partial charge on any atom is 0.328 e. The molecule has 1 aromatic rings. The molecule has 0 saturated heterocycles. The minimum Gasteiger partial charge on any atom is -0.480 e. The fourth-order valence-electron chi connectivity index (χ4n) is 1.11. The second-order valence-electron chi connectivity index (χ2n) is 3.27. The molecule has 0 unspecified atom stereocenters. The number of anilines is 1. The molecule has 0 aliphatic rings. The maximum absolute atomic E-state index is 13.3. The highest BCUT2D eigenvalue weighted by atomic mass is 35.5. The summed E-state index contributed by atoms with van der Waals surface area (Å²) in [5.41, 5.74) is -0.265. The monoisotopic (exact) mass is 276 g/mol. The summed E-state index contributed by atoms with van der Waals surface area (Å²) in [6.45, 7) is -0.784. The number of carboxylic acids is 1. The Morgan fingerprint density at radius 2 is 2.11 bits per heavy atom. The van der Waals surface area contributed by atoms with Crippen LogP contribution in [0.4, 0.5) is 14.9 Å². The van der Waals surface area contributed by atoms with Crippen molar-refractivity contribution in [1.82, 2.24) is 5.32 Å². The fourth-order valence-corrected chi connectivity index (χ4v) is 1.32. The minimum absolute atomic E-state index is 0.0268. The van der Waals surface area contributed by atoms with Crippen LogP contribution in [0, 0.1) is 5.82 Å². The third-order valence-corrected chi connectivity index (χ3v) is 2.30. The predicted molar refractivity (Wildman–Crippen MR) is 62.1 cm³/mol. The average Bonchev–Trinajstić information content (AvgIpc) is 2.30. The van der Waals surface area contributed by atoms with E-state index in [4.69, 9.17) is 21.8 Å². The molecule has 8 heteroatoms. The van der Waals surface area contributed by atoms with Crippen LogP contribution in [0.3, 0.4) is 0 Å². The Morgan fingerprint density at radius 3 is 2.61 bits per heavy atom. The highest BCUT2D eigenvalue weighted by Crippen LogP contribution is 2.24. The number of carbonyl (C=O) groups is 2. The van der Waals surface area contributed by atoms with E-state index >= 15 is 0 Å². The van der Waals surface area contributed by atoms with Gasteiger partial charge in [-0.25, -0.2) is 14.0 Å². The van der Waals surface area contributed by atoms with Gasteiger partial charge in [-0.05, 0) is 12.1 Å². The Bertz CT molecular complexity index is 449. The molecule has 4 N–H and O–H groups in total. The van der Waals surface area contributed by atoms with Gasteiger partial charge in [-0.2, -0.15) is 0 Å². The molecule has 0 aromatic heterocycles. The van der Waals surface area contributed by atoms with Gasteiger partial charge in [-0.15, -0.1) is 0 Å². The third-order valence-electron chi connectivity index (χ3n) is 1.99. The van der Waals surface area contributed by atoms with Gasteiger partial charge >= 0.3 is 12.0 Å². The van der Waals surface area contributed by atoms with E-state index in [0.29, 0.717) is 0 Å². The predicted octanol–water partition coefficient (Wildman–Crippen LogP) is 1.05. The number of rotatable bonds is 4. The largest absolute Gasteiger partial charge is 0.480 e. The molecule has 1 rings (SSSR count). The van der Waals surface area contributed by atoms with Gasteiger partial charge in [-0.3, -0.25) is 0 Å². The van der Waals surface area contributed by atoms with Crippen molar-refractivity contribution in [1.29, 1.82) is 0 Å². The Labute approximate surface area is 106 Å². The summed E-state index contributed by atoms with van der Waals surface area (Å²) in [6, 6.07) is 1.34. The molecule has 0 spiro atoms. The number of nitrogens with one attached hydrogen (secondary N) is 2. The zero-order valence-corrected chi connectivity index (χ0v) is 9.74. The zero-order chi connectivity index (χ0) is 13.7. The van der Waals surface area contributed by atoms with E-state index in [1.165, 1.54) is 12.1 Å². The normalized spacial score (nSPS) is 11.7. The molecule has 0 aliphatic heterocycles. The van der Waals surface area contributed by atoms with Crippen LogP contribution in [0.5, 0.6) is 0 Å². The van der Waals surface area contributed by atoms with E-state index in [-0.39, 0.29) is 10.7 Å². The molecular formula is C10H10ClFN2O4. The molecule has 98 valence electrons. The maximum atomic E-state index is 13.3. The number of halogens is 2. The van der Waals surface area contributed by atoms with Crippen LogP contribution in [0.1, 0.15) is 0 Å². The first kappa shape index (κ1) is 14.2. The molecule has 0 radical (unpaired) electrons.